The van der Waals surface area contributed by atoms with Crippen LogP contribution in [-0.4, -0.2) is 29.0 Å². The molecule has 0 atom stereocenters. The summed E-state index contributed by atoms with van der Waals surface area (Å²) in [6.45, 7) is 3.95. The zero-order chi connectivity index (χ0) is 21.8. The number of halogens is 2. The Morgan fingerprint density at radius 1 is 1.00 bits per heavy atom. The Labute approximate surface area is 179 Å². The van der Waals surface area contributed by atoms with Gasteiger partial charge in [-0.1, -0.05) is 6.07 Å². The van der Waals surface area contributed by atoms with Gasteiger partial charge in [0.25, 0.3) is 0 Å². The van der Waals surface area contributed by atoms with Gasteiger partial charge in [-0.15, -0.1) is 0 Å². The van der Waals surface area contributed by atoms with E-state index in [-0.39, 0.29) is 17.9 Å². The van der Waals surface area contributed by atoms with Gasteiger partial charge in [-0.2, -0.15) is 4.98 Å². The second kappa shape index (κ2) is 9.07. The van der Waals surface area contributed by atoms with Crippen LogP contribution in [0, 0.1) is 18.6 Å². The fourth-order valence-corrected chi connectivity index (χ4v) is 3.53. The predicted molar refractivity (Wildman–Crippen MR) is 117 cm³/mol. The number of carbonyl (C=O) groups excluding carboxylic acids is 1. The van der Waals surface area contributed by atoms with Crippen LogP contribution in [0.15, 0.2) is 48.5 Å². The third-order valence-corrected chi connectivity index (χ3v) is 5.06. The molecule has 1 aromatic heterocycles. The van der Waals surface area contributed by atoms with Gasteiger partial charge in [0, 0.05) is 42.3 Å². The lowest BCUT2D eigenvalue weighted by molar-refractivity contribution is -0.115. The maximum absolute atomic E-state index is 13.7. The molecular weight excluding hydrogens is 400 g/mol. The van der Waals surface area contributed by atoms with E-state index in [1.54, 1.807) is 24.3 Å². The van der Waals surface area contributed by atoms with Crippen LogP contribution in [0.25, 0.3) is 0 Å². The number of amides is 1. The minimum atomic E-state index is -0.735. The standard InChI is InChI=1S/C23H23F2N5O/c1-15-12-21(30-10-2-3-11-30)29-23(26-15)28-19-8-6-18(7-9-19)27-22(31)13-16-4-5-17(24)14-20(16)25/h4-9,12,14H,2-3,10-11,13H2,1H3,(H,27,31)(H,26,28,29). The minimum Gasteiger partial charge on any atom is -0.356 e. The molecular formula is C23H23F2N5O. The van der Waals surface area contributed by atoms with E-state index in [0.717, 1.165) is 42.4 Å². The number of aromatic nitrogens is 2. The molecule has 2 aromatic carbocycles. The Morgan fingerprint density at radius 2 is 1.71 bits per heavy atom. The van der Waals surface area contributed by atoms with Crippen molar-refractivity contribution in [1.29, 1.82) is 0 Å². The second-order valence-electron chi connectivity index (χ2n) is 7.55. The summed E-state index contributed by atoms with van der Waals surface area (Å²) in [5.74, 6) is -0.352. The van der Waals surface area contributed by atoms with Gasteiger partial charge in [-0.25, -0.2) is 13.8 Å². The highest BCUT2D eigenvalue weighted by Crippen LogP contribution is 2.22. The van der Waals surface area contributed by atoms with Crippen LogP contribution in [-0.2, 0) is 11.2 Å². The number of nitrogens with zero attached hydrogens (tertiary/aromatic N) is 3. The van der Waals surface area contributed by atoms with E-state index < -0.39 is 11.6 Å². The molecule has 4 rings (SSSR count). The van der Waals surface area contributed by atoms with Crippen LogP contribution in [0.1, 0.15) is 24.1 Å². The molecule has 2 N–H and O–H groups in total. The summed E-state index contributed by atoms with van der Waals surface area (Å²) in [6, 6.07) is 12.2. The molecule has 2 heterocycles. The van der Waals surface area contributed by atoms with Crippen LogP contribution in [0.4, 0.5) is 31.9 Å². The number of hydrogen-bond acceptors (Lipinski definition) is 5. The summed E-state index contributed by atoms with van der Waals surface area (Å²) in [7, 11) is 0. The first-order chi connectivity index (χ1) is 15.0. The van der Waals surface area contributed by atoms with E-state index in [9.17, 15) is 13.6 Å². The zero-order valence-corrected chi connectivity index (χ0v) is 17.2. The Morgan fingerprint density at radius 3 is 2.42 bits per heavy atom. The number of aryl methyl sites for hydroxylation is 1. The monoisotopic (exact) mass is 423 g/mol. The lowest BCUT2D eigenvalue weighted by Crippen LogP contribution is -2.19. The summed E-state index contributed by atoms with van der Waals surface area (Å²) in [4.78, 5) is 23.5. The first-order valence-electron chi connectivity index (χ1n) is 10.2. The first-order valence-corrected chi connectivity index (χ1v) is 10.2. The average molecular weight is 423 g/mol. The van der Waals surface area contributed by atoms with Crippen molar-refractivity contribution >= 4 is 29.0 Å². The topological polar surface area (TPSA) is 70.2 Å². The largest absolute Gasteiger partial charge is 0.356 e. The second-order valence-corrected chi connectivity index (χ2v) is 7.55. The molecule has 31 heavy (non-hydrogen) atoms. The number of rotatable bonds is 6. The highest BCUT2D eigenvalue weighted by molar-refractivity contribution is 5.92. The fourth-order valence-electron chi connectivity index (χ4n) is 3.53. The van der Waals surface area contributed by atoms with Gasteiger partial charge in [0.15, 0.2) is 0 Å². The molecule has 1 aliphatic heterocycles. The lowest BCUT2D eigenvalue weighted by Gasteiger charge is -2.17. The maximum atomic E-state index is 13.7. The van der Waals surface area contributed by atoms with E-state index in [4.69, 9.17) is 0 Å². The summed E-state index contributed by atoms with van der Waals surface area (Å²) >= 11 is 0. The Hall–Kier alpha value is -3.55. The van der Waals surface area contributed by atoms with Crippen molar-refractivity contribution in [2.75, 3.05) is 28.6 Å². The molecule has 1 fully saturated rings. The molecule has 0 radical (unpaired) electrons. The normalized spacial score (nSPS) is 13.3. The van der Waals surface area contributed by atoms with Crippen LogP contribution in [0.5, 0.6) is 0 Å². The van der Waals surface area contributed by atoms with Crippen molar-refractivity contribution < 1.29 is 13.6 Å². The highest BCUT2D eigenvalue weighted by Gasteiger charge is 2.15. The summed E-state index contributed by atoms with van der Waals surface area (Å²) in [5, 5.41) is 5.91. The number of carbonyl (C=O) groups is 1. The number of hydrogen-bond donors (Lipinski definition) is 2. The van der Waals surface area contributed by atoms with Gasteiger partial charge in [0.05, 0.1) is 6.42 Å². The smallest absolute Gasteiger partial charge is 0.229 e. The van der Waals surface area contributed by atoms with Gasteiger partial charge in [-0.3, -0.25) is 4.79 Å². The molecule has 6 nitrogen and oxygen atoms in total. The van der Waals surface area contributed by atoms with Crippen LogP contribution < -0.4 is 15.5 Å². The fraction of sp³-hybridized carbons (Fsp3) is 0.261. The molecule has 1 amide bonds. The summed E-state index contributed by atoms with van der Waals surface area (Å²) in [5.41, 5.74) is 2.38. The Kier molecular flexibility index (Phi) is 6.06. The van der Waals surface area contributed by atoms with Crippen LogP contribution in [0.3, 0.4) is 0 Å². The molecule has 1 aliphatic rings. The van der Waals surface area contributed by atoms with Crippen molar-refractivity contribution in [2.24, 2.45) is 0 Å². The third-order valence-electron chi connectivity index (χ3n) is 5.06. The zero-order valence-electron chi connectivity index (χ0n) is 17.2. The van der Waals surface area contributed by atoms with Crippen LogP contribution in [0.2, 0.25) is 0 Å². The van der Waals surface area contributed by atoms with Gasteiger partial charge in [0.2, 0.25) is 11.9 Å². The molecule has 160 valence electrons. The summed E-state index contributed by atoms with van der Waals surface area (Å²) in [6.07, 6.45) is 2.17. The lowest BCUT2D eigenvalue weighted by atomic mass is 10.1. The van der Waals surface area contributed by atoms with Gasteiger partial charge in [-0.05, 0) is 55.7 Å². The maximum Gasteiger partial charge on any atom is 0.229 e. The van der Waals surface area contributed by atoms with E-state index in [1.807, 2.05) is 13.0 Å². The molecule has 8 heteroatoms. The van der Waals surface area contributed by atoms with Crippen molar-refractivity contribution in [3.05, 3.63) is 71.4 Å². The Bertz CT molecular complexity index is 1080. The minimum absolute atomic E-state index is 0.141. The molecule has 0 unspecified atom stereocenters. The third kappa shape index (κ3) is 5.33. The van der Waals surface area contributed by atoms with E-state index >= 15 is 0 Å². The molecule has 1 saturated heterocycles. The van der Waals surface area contributed by atoms with Gasteiger partial charge >= 0.3 is 0 Å². The predicted octanol–water partition coefficient (Wildman–Crippen LogP) is 4.59. The van der Waals surface area contributed by atoms with E-state index in [2.05, 4.69) is 25.5 Å². The van der Waals surface area contributed by atoms with Crippen molar-refractivity contribution in [2.45, 2.75) is 26.2 Å². The molecule has 3 aromatic rings. The van der Waals surface area contributed by atoms with Gasteiger partial charge < -0.3 is 15.5 Å². The van der Waals surface area contributed by atoms with Gasteiger partial charge in [0.1, 0.15) is 17.5 Å². The highest BCUT2D eigenvalue weighted by atomic mass is 19.1. The van der Waals surface area contributed by atoms with Crippen molar-refractivity contribution in [3.63, 3.8) is 0 Å². The quantitative estimate of drug-likeness (QED) is 0.607. The SMILES string of the molecule is Cc1cc(N2CCCC2)nc(Nc2ccc(NC(=O)Cc3ccc(F)cc3F)cc2)n1. The Balaban J connectivity index is 1.38. The molecule has 0 bridgehead atoms. The molecule has 0 saturated carbocycles. The summed E-state index contributed by atoms with van der Waals surface area (Å²) < 4.78 is 26.7. The number of benzene rings is 2. The number of anilines is 4. The molecule has 0 aliphatic carbocycles. The average Bonchev–Trinajstić information content (AvgIpc) is 3.26. The van der Waals surface area contributed by atoms with Crippen molar-refractivity contribution in [1.82, 2.24) is 9.97 Å². The first kappa shape index (κ1) is 20.7. The van der Waals surface area contributed by atoms with E-state index in [1.165, 1.54) is 18.9 Å². The molecule has 0 spiro atoms. The van der Waals surface area contributed by atoms with Crippen molar-refractivity contribution in [3.8, 4) is 0 Å². The number of nitrogens with one attached hydrogen (secondary N) is 2. The van der Waals surface area contributed by atoms with E-state index in [0.29, 0.717) is 11.6 Å². The van der Waals surface area contributed by atoms with Crippen LogP contribution >= 0.6 is 0 Å².